The molecule has 2 heteroatoms. The molecular formula is C16H21NO. The maximum absolute atomic E-state index is 5.13. The average molecular weight is 243 g/mol. The SMILES string of the molecule is CCCCCCCc1ccc(-c2ccno2)cc1. The van der Waals surface area contributed by atoms with Crippen LogP contribution >= 0.6 is 0 Å². The van der Waals surface area contributed by atoms with Crippen molar-refractivity contribution in [2.75, 3.05) is 0 Å². The number of hydrogen-bond donors (Lipinski definition) is 0. The van der Waals surface area contributed by atoms with Gasteiger partial charge in [0, 0.05) is 11.6 Å². The topological polar surface area (TPSA) is 26.0 Å². The Balaban J connectivity index is 1.81. The zero-order chi connectivity index (χ0) is 12.6. The molecule has 2 aromatic rings. The maximum atomic E-state index is 5.13. The van der Waals surface area contributed by atoms with Gasteiger partial charge in [-0.1, -0.05) is 62.0 Å². The summed E-state index contributed by atoms with van der Waals surface area (Å²) in [6.07, 6.45) is 9.54. The molecule has 1 aromatic heterocycles. The Morgan fingerprint density at radius 3 is 2.39 bits per heavy atom. The summed E-state index contributed by atoms with van der Waals surface area (Å²) in [7, 11) is 0. The number of hydrogen-bond acceptors (Lipinski definition) is 2. The fraction of sp³-hybridized carbons (Fsp3) is 0.438. The van der Waals surface area contributed by atoms with Crippen LogP contribution < -0.4 is 0 Å². The van der Waals surface area contributed by atoms with Gasteiger partial charge in [0.25, 0.3) is 0 Å². The van der Waals surface area contributed by atoms with E-state index in [0.717, 1.165) is 11.3 Å². The highest BCUT2D eigenvalue weighted by atomic mass is 16.5. The van der Waals surface area contributed by atoms with E-state index in [-0.39, 0.29) is 0 Å². The smallest absolute Gasteiger partial charge is 0.166 e. The van der Waals surface area contributed by atoms with Crippen LogP contribution in [0.5, 0.6) is 0 Å². The summed E-state index contributed by atoms with van der Waals surface area (Å²) in [5.74, 6) is 0.837. The standard InChI is InChI=1S/C16H21NO/c1-2-3-4-5-6-7-14-8-10-15(11-9-14)16-12-13-17-18-16/h8-13H,2-7H2,1H3. The first-order valence-electron chi connectivity index (χ1n) is 6.90. The lowest BCUT2D eigenvalue weighted by Crippen LogP contribution is -1.86. The summed E-state index contributed by atoms with van der Waals surface area (Å²) in [5, 5.41) is 3.72. The van der Waals surface area contributed by atoms with Crippen molar-refractivity contribution in [3.63, 3.8) is 0 Å². The molecule has 0 bridgehead atoms. The molecule has 0 saturated carbocycles. The Labute approximate surface area is 109 Å². The number of unbranched alkanes of at least 4 members (excludes halogenated alkanes) is 4. The molecule has 0 radical (unpaired) electrons. The second-order valence-corrected chi connectivity index (χ2v) is 4.74. The van der Waals surface area contributed by atoms with Crippen molar-refractivity contribution in [3.05, 3.63) is 42.1 Å². The fourth-order valence-electron chi connectivity index (χ4n) is 2.13. The van der Waals surface area contributed by atoms with Crippen LogP contribution in [-0.4, -0.2) is 5.16 Å². The van der Waals surface area contributed by atoms with Crippen LogP contribution in [0.2, 0.25) is 0 Å². The molecule has 96 valence electrons. The molecule has 0 fully saturated rings. The predicted octanol–water partition coefficient (Wildman–Crippen LogP) is 4.85. The first-order chi connectivity index (χ1) is 8.90. The van der Waals surface area contributed by atoms with Gasteiger partial charge in [0.15, 0.2) is 5.76 Å². The molecule has 0 aliphatic heterocycles. The van der Waals surface area contributed by atoms with Crippen molar-refractivity contribution in [1.82, 2.24) is 5.16 Å². The van der Waals surface area contributed by atoms with Crippen molar-refractivity contribution in [3.8, 4) is 11.3 Å². The van der Waals surface area contributed by atoms with Gasteiger partial charge in [-0.25, -0.2) is 0 Å². The number of aromatic nitrogens is 1. The van der Waals surface area contributed by atoms with E-state index < -0.39 is 0 Å². The molecular weight excluding hydrogens is 222 g/mol. The molecule has 0 spiro atoms. The minimum Gasteiger partial charge on any atom is -0.356 e. The lowest BCUT2D eigenvalue weighted by molar-refractivity contribution is 0.432. The fourth-order valence-corrected chi connectivity index (χ4v) is 2.13. The normalized spacial score (nSPS) is 10.7. The molecule has 0 saturated heterocycles. The summed E-state index contributed by atoms with van der Waals surface area (Å²) in [6, 6.07) is 10.5. The monoisotopic (exact) mass is 243 g/mol. The van der Waals surface area contributed by atoms with Crippen molar-refractivity contribution in [2.24, 2.45) is 0 Å². The molecule has 0 unspecified atom stereocenters. The Morgan fingerprint density at radius 2 is 1.72 bits per heavy atom. The molecule has 1 aromatic carbocycles. The zero-order valence-electron chi connectivity index (χ0n) is 11.1. The molecule has 2 rings (SSSR count). The molecule has 0 atom stereocenters. The minimum absolute atomic E-state index is 0.837. The van der Waals surface area contributed by atoms with E-state index in [2.05, 4.69) is 36.3 Å². The van der Waals surface area contributed by atoms with Crippen LogP contribution in [0.15, 0.2) is 41.1 Å². The highest BCUT2D eigenvalue weighted by Gasteiger charge is 2.01. The van der Waals surface area contributed by atoms with Crippen molar-refractivity contribution in [1.29, 1.82) is 0 Å². The van der Waals surface area contributed by atoms with Crippen LogP contribution in [0.4, 0.5) is 0 Å². The average Bonchev–Trinajstić information content (AvgIpc) is 2.93. The molecule has 18 heavy (non-hydrogen) atoms. The van der Waals surface area contributed by atoms with Crippen LogP contribution in [0.25, 0.3) is 11.3 Å². The predicted molar refractivity (Wildman–Crippen MR) is 74.4 cm³/mol. The van der Waals surface area contributed by atoms with Crippen LogP contribution in [0, 0.1) is 0 Å². The van der Waals surface area contributed by atoms with Crippen molar-refractivity contribution >= 4 is 0 Å². The van der Waals surface area contributed by atoms with Gasteiger partial charge in [-0.15, -0.1) is 0 Å². The third kappa shape index (κ3) is 3.73. The number of nitrogens with zero attached hydrogens (tertiary/aromatic N) is 1. The molecule has 2 nitrogen and oxygen atoms in total. The molecule has 0 amide bonds. The summed E-state index contributed by atoms with van der Waals surface area (Å²) < 4.78 is 5.13. The van der Waals surface area contributed by atoms with E-state index in [4.69, 9.17) is 4.52 Å². The van der Waals surface area contributed by atoms with E-state index in [1.54, 1.807) is 6.20 Å². The molecule has 1 heterocycles. The van der Waals surface area contributed by atoms with E-state index >= 15 is 0 Å². The third-order valence-electron chi connectivity index (χ3n) is 3.25. The highest BCUT2D eigenvalue weighted by molar-refractivity contribution is 5.56. The van der Waals surface area contributed by atoms with Crippen molar-refractivity contribution < 1.29 is 4.52 Å². The van der Waals surface area contributed by atoms with Gasteiger partial charge in [-0.3, -0.25) is 0 Å². The van der Waals surface area contributed by atoms with Crippen LogP contribution in [0.1, 0.15) is 44.6 Å². The summed E-state index contributed by atoms with van der Waals surface area (Å²) in [6.45, 7) is 2.25. The van der Waals surface area contributed by atoms with Gasteiger partial charge in [-0.2, -0.15) is 0 Å². The van der Waals surface area contributed by atoms with Crippen LogP contribution in [-0.2, 0) is 6.42 Å². The van der Waals surface area contributed by atoms with Gasteiger partial charge >= 0.3 is 0 Å². The molecule has 0 aliphatic carbocycles. The van der Waals surface area contributed by atoms with Gasteiger partial charge in [-0.05, 0) is 18.4 Å². The van der Waals surface area contributed by atoms with Gasteiger partial charge in [0.05, 0.1) is 6.20 Å². The van der Waals surface area contributed by atoms with Crippen LogP contribution in [0.3, 0.4) is 0 Å². The van der Waals surface area contributed by atoms with Gasteiger partial charge < -0.3 is 4.52 Å². The maximum Gasteiger partial charge on any atom is 0.166 e. The van der Waals surface area contributed by atoms with E-state index in [1.807, 2.05) is 6.07 Å². The lowest BCUT2D eigenvalue weighted by atomic mass is 10.0. The largest absolute Gasteiger partial charge is 0.356 e. The number of aryl methyl sites for hydroxylation is 1. The molecule has 0 aliphatic rings. The van der Waals surface area contributed by atoms with Gasteiger partial charge in [0.2, 0.25) is 0 Å². The quantitative estimate of drug-likeness (QED) is 0.649. The Morgan fingerprint density at radius 1 is 0.944 bits per heavy atom. The summed E-state index contributed by atoms with van der Waals surface area (Å²) >= 11 is 0. The Hall–Kier alpha value is -1.57. The minimum atomic E-state index is 0.837. The first-order valence-corrected chi connectivity index (χ1v) is 6.90. The summed E-state index contributed by atoms with van der Waals surface area (Å²) in [5.41, 5.74) is 2.51. The van der Waals surface area contributed by atoms with E-state index in [9.17, 15) is 0 Å². The Kier molecular flexibility index (Phi) is 5.00. The third-order valence-corrected chi connectivity index (χ3v) is 3.25. The molecule has 0 N–H and O–H groups in total. The lowest BCUT2D eigenvalue weighted by Gasteiger charge is -2.02. The second kappa shape index (κ2) is 7.00. The van der Waals surface area contributed by atoms with Gasteiger partial charge in [0.1, 0.15) is 0 Å². The zero-order valence-corrected chi connectivity index (χ0v) is 11.1. The van der Waals surface area contributed by atoms with E-state index in [0.29, 0.717) is 0 Å². The number of benzene rings is 1. The second-order valence-electron chi connectivity index (χ2n) is 4.74. The van der Waals surface area contributed by atoms with E-state index in [1.165, 1.54) is 44.1 Å². The first kappa shape index (κ1) is 12.9. The van der Waals surface area contributed by atoms with Crippen molar-refractivity contribution in [2.45, 2.75) is 45.4 Å². The highest BCUT2D eigenvalue weighted by Crippen LogP contribution is 2.19. The summed E-state index contributed by atoms with van der Waals surface area (Å²) in [4.78, 5) is 0. The number of rotatable bonds is 7. The Bertz CT molecular complexity index is 431.